The summed E-state index contributed by atoms with van der Waals surface area (Å²) in [5.41, 5.74) is 2.54. The minimum Gasteiger partial charge on any atom is -0.378 e. The molecule has 1 heterocycles. The Morgan fingerprint density at radius 3 is 2.41 bits per heavy atom. The number of carbonyl (C=O) groups is 2. The van der Waals surface area contributed by atoms with Gasteiger partial charge in [-0.15, -0.1) is 0 Å². The first-order valence-electron chi connectivity index (χ1n) is 10.9. The van der Waals surface area contributed by atoms with Gasteiger partial charge < -0.3 is 21.1 Å². The quantitative estimate of drug-likeness (QED) is 0.418. The highest BCUT2D eigenvalue weighted by atomic mass is 35.5. The van der Waals surface area contributed by atoms with Crippen molar-refractivity contribution in [2.75, 3.05) is 31.3 Å². The van der Waals surface area contributed by atoms with Crippen LogP contribution in [0.25, 0.3) is 0 Å². The predicted molar refractivity (Wildman–Crippen MR) is 126 cm³/mol. The van der Waals surface area contributed by atoms with E-state index in [0.717, 1.165) is 18.3 Å². The van der Waals surface area contributed by atoms with E-state index < -0.39 is 67.8 Å². The van der Waals surface area contributed by atoms with Gasteiger partial charge in [-0.25, -0.2) is 13.8 Å². The number of alkyl halides is 4. The Labute approximate surface area is 213 Å². The number of nitrogens with two attached hydrogens (primary N) is 1. The molecule has 2 aromatic carbocycles. The highest BCUT2D eigenvalue weighted by molar-refractivity contribution is 6.33. The van der Waals surface area contributed by atoms with E-state index in [-0.39, 0.29) is 10.6 Å². The van der Waals surface area contributed by atoms with Gasteiger partial charge in [0.1, 0.15) is 24.6 Å². The summed E-state index contributed by atoms with van der Waals surface area (Å²) in [7, 11) is 0. The van der Waals surface area contributed by atoms with Gasteiger partial charge in [-0.3, -0.25) is 9.59 Å². The summed E-state index contributed by atoms with van der Waals surface area (Å²) in [5.74, 6) is -3.75. The van der Waals surface area contributed by atoms with Gasteiger partial charge in [0, 0.05) is 12.8 Å². The van der Waals surface area contributed by atoms with Crippen LogP contribution in [0, 0.1) is 11.7 Å². The van der Waals surface area contributed by atoms with Crippen molar-refractivity contribution in [3.8, 4) is 0 Å². The molecule has 1 aliphatic heterocycles. The van der Waals surface area contributed by atoms with Gasteiger partial charge >= 0.3 is 6.18 Å². The number of hydrazone groups is 1. The van der Waals surface area contributed by atoms with Gasteiger partial charge in [0.25, 0.3) is 5.91 Å². The van der Waals surface area contributed by atoms with Gasteiger partial charge in [0.15, 0.2) is 5.60 Å². The molecule has 200 valence electrons. The number of nitrogens with one attached hydrogen (secondary N) is 1. The second-order valence-electron chi connectivity index (χ2n) is 8.24. The van der Waals surface area contributed by atoms with E-state index in [1.165, 1.54) is 41.4 Å². The fraction of sp³-hybridized carbons (Fsp3) is 0.348. The van der Waals surface area contributed by atoms with Crippen LogP contribution in [0.1, 0.15) is 10.4 Å². The van der Waals surface area contributed by atoms with Gasteiger partial charge in [0.05, 0.1) is 29.4 Å². The van der Waals surface area contributed by atoms with Crippen molar-refractivity contribution in [2.45, 2.75) is 17.9 Å². The Balaban J connectivity index is 1.73. The zero-order valence-electron chi connectivity index (χ0n) is 19.1. The van der Waals surface area contributed by atoms with Crippen LogP contribution in [0.2, 0.25) is 5.02 Å². The van der Waals surface area contributed by atoms with Gasteiger partial charge in [-0.05, 0) is 36.4 Å². The molecular formula is C23H23ClF5N5O3. The first kappa shape index (κ1) is 28.3. The van der Waals surface area contributed by atoms with Crippen LogP contribution in [0.3, 0.4) is 0 Å². The zero-order valence-corrected chi connectivity index (χ0v) is 19.9. The second-order valence-corrected chi connectivity index (χ2v) is 8.65. The van der Waals surface area contributed by atoms with Crippen LogP contribution >= 0.6 is 11.6 Å². The Morgan fingerprint density at radius 1 is 1.16 bits per heavy atom. The molecule has 0 aromatic heterocycles. The van der Waals surface area contributed by atoms with Crippen molar-refractivity contribution in [1.82, 2.24) is 10.2 Å². The molecule has 2 aromatic rings. The molecule has 3 rings (SSSR count). The Bertz CT molecular complexity index is 1150. The molecule has 2 amide bonds. The molecule has 8 nitrogen and oxygen atoms in total. The third-order valence-corrected chi connectivity index (χ3v) is 6.01. The van der Waals surface area contributed by atoms with Gasteiger partial charge in [0.2, 0.25) is 5.91 Å². The van der Waals surface area contributed by atoms with Crippen LogP contribution < -0.4 is 16.1 Å². The number of hydrogen-bond acceptors (Lipinski definition) is 6. The molecule has 0 spiro atoms. The maximum absolute atomic E-state index is 13.9. The summed E-state index contributed by atoms with van der Waals surface area (Å²) in [6.45, 7) is -4.69. The lowest BCUT2D eigenvalue weighted by Gasteiger charge is -2.36. The number of aliphatic hydroxyl groups is 1. The number of hydrogen-bond donors (Lipinski definition) is 3. The van der Waals surface area contributed by atoms with Crippen molar-refractivity contribution >= 4 is 35.3 Å². The van der Waals surface area contributed by atoms with Crippen LogP contribution in [0.5, 0.6) is 0 Å². The molecule has 0 fully saturated rings. The molecule has 0 aliphatic carbocycles. The van der Waals surface area contributed by atoms with Crippen LogP contribution in [0.15, 0.2) is 53.6 Å². The maximum Gasteiger partial charge on any atom is 0.420 e. The van der Waals surface area contributed by atoms with Gasteiger partial charge in [-0.1, -0.05) is 23.7 Å². The fourth-order valence-electron chi connectivity index (χ4n) is 3.59. The number of rotatable bonds is 9. The van der Waals surface area contributed by atoms with Crippen LogP contribution in [-0.2, 0) is 4.79 Å². The second kappa shape index (κ2) is 11.4. The molecule has 0 saturated heterocycles. The number of benzene rings is 2. The normalized spacial score (nSPS) is 19.0. The molecule has 0 saturated carbocycles. The Hall–Kier alpha value is -3.29. The maximum atomic E-state index is 13.9. The fourth-order valence-corrected chi connectivity index (χ4v) is 3.81. The average molecular weight is 548 g/mol. The number of carbonyl (C=O) groups excluding carboxylic acids is 2. The summed E-state index contributed by atoms with van der Waals surface area (Å²) in [6.07, 6.45) is -5.34. The first-order valence-corrected chi connectivity index (χ1v) is 11.3. The highest BCUT2D eigenvalue weighted by Crippen LogP contribution is 2.32. The molecule has 37 heavy (non-hydrogen) atoms. The van der Waals surface area contributed by atoms with Crippen LogP contribution in [0.4, 0.5) is 27.6 Å². The standard InChI is InChI=1S/C23H23ClF5N5O3/c24-18-4-2-1-3-16(18)21(36)33(10-9-25)13-22(37,23(27,28)29)12-31-20(35)17-11-32-34(19(17)30)15-7-5-14(26)6-8-15/h1-8,11,17,19,37H,9-10,12-13,30H2,(H,31,35). The summed E-state index contributed by atoms with van der Waals surface area (Å²) < 4.78 is 68.1. The highest BCUT2D eigenvalue weighted by Gasteiger charge is 2.55. The lowest BCUT2D eigenvalue weighted by atomic mass is 10.0. The SMILES string of the molecule is NC1C(C(=O)NCC(O)(CN(CCF)C(=O)c2ccccc2Cl)C(F)(F)F)C=NN1c1ccc(F)cc1. The van der Waals surface area contributed by atoms with E-state index in [0.29, 0.717) is 10.6 Å². The number of halogens is 6. The molecule has 14 heteroatoms. The van der Waals surface area contributed by atoms with Gasteiger partial charge in [-0.2, -0.15) is 18.3 Å². The largest absolute Gasteiger partial charge is 0.420 e. The minimum absolute atomic E-state index is 0.0690. The molecule has 0 bridgehead atoms. The van der Waals surface area contributed by atoms with E-state index in [4.69, 9.17) is 17.3 Å². The van der Waals surface area contributed by atoms with Crippen molar-refractivity contribution < 1.29 is 36.6 Å². The van der Waals surface area contributed by atoms with Crippen molar-refractivity contribution in [2.24, 2.45) is 16.8 Å². The smallest absolute Gasteiger partial charge is 0.378 e. The molecule has 4 N–H and O–H groups in total. The van der Waals surface area contributed by atoms with Crippen molar-refractivity contribution in [3.05, 3.63) is 64.9 Å². The monoisotopic (exact) mass is 547 g/mol. The minimum atomic E-state index is -5.32. The lowest BCUT2D eigenvalue weighted by Crippen LogP contribution is -2.61. The summed E-state index contributed by atoms with van der Waals surface area (Å²) >= 11 is 5.95. The molecule has 1 aliphatic rings. The van der Waals surface area contributed by atoms with E-state index >= 15 is 0 Å². The zero-order chi connectivity index (χ0) is 27.4. The summed E-state index contributed by atoms with van der Waals surface area (Å²) in [6, 6.07) is 10.5. The molecular weight excluding hydrogens is 525 g/mol. The van der Waals surface area contributed by atoms with E-state index in [1.807, 2.05) is 5.32 Å². The topological polar surface area (TPSA) is 111 Å². The molecule has 3 atom stereocenters. The van der Waals surface area contributed by atoms with E-state index in [1.54, 1.807) is 0 Å². The predicted octanol–water partition coefficient (Wildman–Crippen LogP) is 2.71. The third kappa shape index (κ3) is 6.35. The van der Waals surface area contributed by atoms with E-state index in [9.17, 15) is 36.6 Å². The Morgan fingerprint density at radius 2 is 1.81 bits per heavy atom. The molecule has 3 unspecified atom stereocenters. The van der Waals surface area contributed by atoms with E-state index in [2.05, 4.69) is 5.10 Å². The third-order valence-electron chi connectivity index (χ3n) is 5.68. The number of amides is 2. The van der Waals surface area contributed by atoms with Crippen LogP contribution in [-0.4, -0.2) is 72.3 Å². The number of anilines is 1. The average Bonchev–Trinajstić information content (AvgIpc) is 3.23. The van der Waals surface area contributed by atoms with Crippen molar-refractivity contribution in [3.63, 3.8) is 0 Å². The first-order chi connectivity index (χ1) is 17.4. The number of nitrogens with zero attached hydrogens (tertiary/aromatic N) is 3. The molecule has 0 radical (unpaired) electrons. The van der Waals surface area contributed by atoms with Crippen molar-refractivity contribution in [1.29, 1.82) is 0 Å². The Kier molecular flexibility index (Phi) is 8.72. The lowest BCUT2D eigenvalue weighted by molar-refractivity contribution is -0.260. The summed E-state index contributed by atoms with van der Waals surface area (Å²) in [4.78, 5) is 25.9. The summed E-state index contributed by atoms with van der Waals surface area (Å²) in [5, 5.41) is 17.6.